The van der Waals surface area contributed by atoms with Crippen molar-refractivity contribution < 1.29 is 38.1 Å². The van der Waals surface area contributed by atoms with Crippen LogP contribution in [-0.4, -0.2) is 79.4 Å². The normalized spacial score (nSPS) is 10.9. The number of nitrogens with one attached hydrogen (secondary N) is 2. The highest BCUT2D eigenvalue weighted by Crippen LogP contribution is 2.49. The van der Waals surface area contributed by atoms with Crippen LogP contribution in [-0.2, 0) is 0 Å². The zero-order valence-electron chi connectivity index (χ0n) is 31.3. The third kappa shape index (κ3) is 6.53. The predicted molar refractivity (Wildman–Crippen MR) is 208 cm³/mol. The summed E-state index contributed by atoms with van der Waals surface area (Å²) in [7, 11) is 13.4. The maximum atomic E-state index is 14.7. The Morgan fingerprint density at radius 3 is 2.00 bits per heavy atom. The van der Waals surface area contributed by atoms with Crippen molar-refractivity contribution in [2.24, 2.45) is 0 Å². The Kier molecular flexibility index (Phi) is 10.3. The summed E-state index contributed by atoms with van der Waals surface area (Å²) in [6.45, 7) is 0. The lowest BCUT2D eigenvalue weighted by atomic mass is 9.90. The molecule has 3 N–H and O–H groups in total. The number of methoxy groups -OCH3 is 2. The zero-order valence-corrected chi connectivity index (χ0v) is 31.3. The number of hydrogen-bond acceptors (Lipinski definition) is 9. The molecule has 2 aliphatic rings. The largest absolute Gasteiger partial charge is 0.504 e. The maximum absolute atomic E-state index is 14.7. The highest BCUT2D eigenvalue weighted by atomic mass is 16.6. The first-order valence-corrected chi connectivity index (χ1v) is 17.0. The molecule has 12 nitrogen and oxygen atoms in total. The molecule has 4 aromatic carbocycles. The van der Waals surface area contributed by atoms with Gasteiger partial charge in [-0.1, -0.05) is 18.2 Å². The van der Waals surface area contributed by atoms with Crippen LogP contribution >= 0.6 is 0 Å². The summed E-state index contributed by atoms with van der Waals surface area (Å²) in [5, 5.41) is 18.4. The number of amides is 2. The van der Waals surface area contributed by atoms with Crippen molar-refractivity contribution in [3.63, 3.8) is 0 Å². The summed E-state index contributed by atoms with van der Waals surface area (Å²) in [6, 6.07) is 24.6. The van der Waals surface area contributed by atoms with E-state index in [1.165, 1.54) is 52.6 Å². The number of rotatable bonds is 9. The summed E-state index contributed by atoms with van der Waals surface area (Å²) in [4.78, 5) is 43.3. The smallest absolute Gasteiger partial charge is 0.344 e. The second-order valence-electron chi connectivity index (χ2n) is 12.8. The Bertz CT molecular complexity index is 2500. The molecule has 2 amide bonds. The van der Waals surface area contributed by atoms with Crippen LogP contribution in [0.25, 0.3) is 44.5 Å². The van der Waals surface area contributed by atoms with Crippen LogP contribution in [0.2, 0.25) is 0 Å². The van der Waals surface area contributed by atoms with Gasteiger partial charge in [0.15, 0.2) is 23.0 Å². The number of esters is 1. The van der Waals surface area contributed by atoms with Gasteiger partial charge in [0.25, 0.3) is 11.8 Å². The molecule has 0 atom stereocenters. The number of nitrogens with zero attached hydrogens (tertiary/aromatic N) is 2. The van der Waals surface area contributed by atoms with Crippen molar-refractivity contribution in [3.05, 3.63) is 107 Å². The van der Waals surface area contributed by atoms with Gasteiger partial charge >= 0.3 is 5.97 Å². The van der Waals surface area contributed by atoms with Crippen LogP contribution in [0, 0.1) is 0 Å². The van der Waals surface area contributed by atoms with E-state index >= 15 is 0 Å². The van der Waals surface area contributed by atoms with Gasteiger partial charge in [0, 0.05) is 73.7 Å². The first-order chi connectivity index (χ1) is 25.9. The third-order valence-electron chi connectivity index (χ3n) is 9.23. The van der Waals surface area contributed by atoms with Gasteiger partial charge in [0.2, 0.25) is 5.36 Å². The van der Waals surface area contributed by atoms with Gasteiger partial charge in [-0.05, 0) is 54.1 Å². The van der Waals surface area contributed by atoms with E-state index < -0.39 is 23.5 Å². The van der Waals surface area contributed by atoms with Gasteiger partial charge in [0.05, 0.1) is 37.0 Å². The first-order valence-electron chi connectivity index (χ1n) is 17.0. The van der Waals surface area contributed by atoms with Gasteiger partial charge in [-0.3, -0.25) is 9.59 Å². The molecule has 0 spiro atoms. The number of phenolic OH excluding ortho intramolecular Hbond substituents is 1. The highest BCUT2D eigenvalue weighted by Gasteiger charge is 2.31. The van der Waals surface area contributed by atoms with Crippen molar-refractivity contribution in [2.45, 2.75) is 0 Å². The third-order valence-corrected chi connectivity index (χ3v) is 9.23. The fraction of sp³-hybridized carbons (Fsp3) is 0.190. The molecule has 1 aliphatic carbocycles. The Morgan fingerprint density at radius 1 is 0.722 bits per heavy atom. The SMILES string of the molecule is CNC(=O)c1ccc(OC)c(O)c1-c1c(C(=O)NC)ccc(OC)c1OC(=O)c1ccccc1-c1c2ccc(=[N+](C)C)cc-2oc2cc(N(C)C)ccc12. The number of fused-ring (bicyclic) bond motifs is 2. The summed E-state index contributed by atoms with van der Waals surface area (Å²) in [5.74, 6) is -1.88. The number of hydrogen-bond donors (Lipinski definition) is 3. The van der Waals surface area contributed by atoms with Crippen LogP contribution in [0.15, 0.2) is 89.3 Å². The highest BCUT2D eigenvalue weighted by molar-refractivity contribution is 6.12. The average Bonchev–Trinajstić information content (AvgIpc) is 3.18. The first kappa shape index (κ1) is 37.0. The molecule has 1 aliphatic heterocycles. The molecule has 0 radical (unpaired) electrons. The van der Waals surface area contributed by atoms with Crippen LogP contribution in [0.3, 0.4) is 0 Å². The number of benzene rings is 5. The Hall–Kier alpha value is -6.82. The minimum absolute atomic E-state index is 0.00172. The molecule has 0 fully saturated rings. The molecule has 12 heteroatoms. The lowest BCUT2D eigenvalue weighted by molar-refractivity contribution is 0.0730. The molecule has 0 aromatic heterocycles. The van der Waals surface area contributed by atoms with E-state index in [4.69, 9.17) is 18.6 Å². The molecule has 0 bridgehead atoms. The van der Waals surface area contributed by atoms with E-state index in [1.807, 2.05) is 86.2 Å². The number of phenols is 1. The van der Waals surface area contributed by atoms with Crippen molar-refractivity contribution in [3.8, 4) is 56.6 Å². The fourth-order valence-electron chi connectivity index (χ4n) is 6.45. The molecule has 4 aromatic rings. The standard InChI is InChI=1S/C42H40N4O8/c1-43-40(48)29-17-19-31(51-7)38(47)36(29)37-30(41(49)44-2)18-20-32(52-8)39(37)54-42(50)26-12-10-9-11-25(26)35-27-15-13-23(45(3)4)21-33(27)53-34-22-24(46(5)6)14-16-28(34)35/h9-22H,1-8H3,(H2-,43,44,47,48,49)/p+1. The minimum Gasteiger partial charge on any atom is -0.504 e. The van der Waals surface area contributed by atoms with E-state index in [9.17, 15) is 19.5 Å². The number of aromatic hydroxyl groups is 1. The molecule has 1 heterocycles. The van der Waals surface area contributed by atoms with Crippen molar-refractivity contribution in [1.82, 2.24) is 15.2 Å². The average molecular weight is 730 g/mol. The van der Waals surface area contributed by atoms with Crippen molar-refractivity contribution >= 4 is 34.4 Å². The van der Waals surface area contributed by atoms with E-state index in [2.05, 4.69) is 10.6 Å². The maximum Gasteiger partial charge on any atom is 0.344 e. The quantitative estimate of drug-likeness (QED) is 0.0747. The molecular formula is C42H41N4O8+. The van der Waals surface area contributed by atoms with E-state index in [0.29, 0.717) is 16.9 Å². The van der Waals surface area contributed by atoms with Crippen LogP contribution < -0.4 is 39.7 Å². The summed E-state index contributed by atoms with van der Waals surface area (Å²) in [6.07, 6.45) is 0. The molecular weight excluding hydrogens is 688 g/mol. The number of carbonyl (C=O) groups excluding carboxylic acids is 3. The summed E-state index contributed by atoms with van der Waals surface area (Å²) >= 11 is 0. The van der Waals surface area contributed by atoms with E-state index in [0.717, 1.165) is 27.6 Å². The lowest BCUT2D eigenvalue weighted by Gasteiger charge is -2.22. The van der Waals surface area contributed by atoms with Crippen LogP contribution in [0.5, 0.6) is 23.0 Å². The molecule has 276 valence electrons. The second kappa shape index (κ2) is 15.0. The molecule has 0 unspecified atom stereocenters. The van der Waals surface area contributed by atoms with E-state index in [1.54, 1.807) is 12.1 Å². The number of carbonyl (C=O) groups is 3. The Labute approximate surface area is 312 Å². The zero-order chi connectivity index (χ0) is 38.8. The topological polar surface area (TPSA) is 143 Å². The number of anilines is 1. The minimum atomic E-state index is -0.792. The van der Waals surface area contributed by atoms with Crippen LogP contribution in [0.1, 0.15) is 31.1 Å². The molecule has 54 heavy (non-hydrogen) atoms. The summed E-state index contributed by atoms with van der Waals surface area (Å²) < 4.78 is 25.8. The Morgan fingerprint density at radius 2 is 1.37 bits per heavy atom. The second-order valence-corrected chi connectivity index (χ2v) is 12.8. The van der Waals surface area contributed by atoms with Crippen molar-refractivity contribution in [1.29, 1.82) is 0 Å². The van der Waals surface area contributed by atoms with Crippen molar-refractivity contribution in [2.75, 3.05) is 61.4 Å². The predicted octanol–water partition coefficient (Wildman–Crippen LogP) is 5.63. The van der Waals surface area contributed by atoms with Crippen LogP contribution in [0.4, 0.5) is 5.69 Å². The van der Waals surface area contributed by atoms with Gasteiger partial charge in [0.1, 0.15) is 25.4 Å². The molecule has 0 saturated heterocycles. The Balaban J connectivity index is 1.63. The van der Waals surface area contributed by atoms with Gasteiger partial charge < -0.3 is 39.3 Å². The number of ether oxygens (including phenoxy) is 3. The van der Waals surface area contributed by atoms with Gasteiger partial charge in [-0.2, -0.15) is 0 Å². The summed E-state index contributed by atoms with van der Waals surface area (Å²) in [5.41, 5.74) is 3.64. The van der Waals surface area contributed by atoms with E-state index in [-0.39, 0.29) is 45.1 Å². The fourth-order valence-corrected chi connectivity index (χ4v) is 6.45. The molecule has 0 saturated carbocycles. The van der Waals surface area contributed by atoms with Gasteiger partial charge in [-0.25, -0.2) is 9.37 Å². The molecule has 6 rings (SSSR count). The van der Waals surface area contributed by atoms with Gasteiger partial charge in [-0.15, -0.1) is 0 Å². The lowest BCUT2D eigenvalue weighted by Crippen LogP contribution is -2.22. The monoisotopic (exact) mass is 729 g/mol.